The maximum absolute atomic E-state index is 11.8. The van der Waals surface area contributed by atoms with Gasteiger partial charge in [0.15, 0.2) is 0 Å². The fraction of sp³-hybridized carbons (Fsp3) is 0.545. The summed E-state index contributed by atoms with van der Waals surface area (Å²) in [5.41, 5.74) is -0.606. The summed E-state index contributed by atoms with van der Waals surface area (Å²) in [6, 6.07) is 4.07. The first kappa shape index (κ1) is 12.2. The molecule has 16 heavy (non-hydrogen) atoms. The fourth-order valence-electron chi connectivity index (χ4n) is 1.60. The summed E-state index contributed by atoms with van der Waals surface area (Å²) in [6.07, 6.45) is 1.39. The summed E-state index contributed by atoms with van der Waals surface area (Å²) >= 11 is 13.6. The van der Waals surface area contributed by atoms with Crippen LogP contribution in [0.15, 0.2) is 17.5 Å². The van der Waals surface area contributed by atoms with Gasteiger partial charge < -0.3 is 5.32 Å². The van der Waals surface area contributed by atoms with Crippen molar-refractivity contribution in [1.29, 1.82) is 0 Å². The second-order valence-electron chi connectivity index (χ2n) is 4.30. The van der Waals surface area contributed by atoms with Crippen LogP contribution in [0.5, 0.6) is 0 Å². The summed E-state index contributed by atoms with van der Waals surface area (Å²) in [6.45, 7) is 2.44. The van der Waals surface area contributed by atoms with Crippen molar-refractivity contribution < 1.29 is 4.79 Å². The van der Waals surface area contributed by atoms with Crippen LogP contribution in [0, 0.1) is 5.41 Å². The number of alkyl halides is 2. The normalized spacial score (nSPS) is 26.4. The topological polar surface area (TPSA) is 29.1 Å². The molecule has 1 saturated carbocycles. The molecule has 0 aromatic carbocycles. The third-order valence-corrected chi connectivity index (χ3v) is 5.03. The number of nitrogens with one attached hydrogen (secondary N) is 1. The van der Waals surface area contributed by atoms with Crippen LogP contribution in [0.1, 0.15) is 18.2 Å². The maximum Gasteiger partial charge on any atom is 0.229 e. The second kappa shape index (κ2) is 4.21. The second-order valence-corrected chi connectivity index (χ2v) is 6.81. The number of hydrogen-bond acceptors (Lipinski definition) is 2. The van der Waals surface area contributed by atoms with Gasteiger partial charge in [-0.3, -0.25) is 4.79 Å². The molecular weight excluding hydrogens is 265 g/mol. The summed E-state index contributed by atoms with van der Waals surface area (Å²) in [5.74, 6) is -0.0472. The molecule has 0 bridgehead atoms. The minimum Gasteiger partial charge on any atom is -0.355 e. The van der Waals surface area contributed by atoms with E-state index in [1.807, 2.05) is 11.4 Å². The minimum absolute atomic E-state index is 0.0472. The molecule has 1 aromatic rings. The van der Waals surface area contributed by atoms with E-state index in [1.165, 1.54) is 4.88 Å². The Hall–Kier alpha value is -0.250. The molecule has 0 radical (unpaired) electrons. The molecule has 1 aliphatic carbocycles. The monoisotopic (exact) mass is 277 g/mol. The van der Waals surface area contributed by atoms with Crippen molar-refractivity contribution in [2.75, 3.05) is 6.54 Å². The summed E-state index contributed by atoms with van der Waals surface area (Å²) in [7, 11) is 0. The molecule has 0 aliphatic heterocycles. The van der Waals surface area contributed by atoms with E-state index in [0.717, 1.165) is 6.42 Å². The Morgan fingerprint density at radius 3 is 2.81 bits per heavy atom. The Bertz CT molecular complexity index is 391. The van der Waals surface area contributed by atoms with Crippen molar-refractivity contribution in [2.24, 2.45) is 5.41 Å². The van der Waals surface area contributed by atoms with Crippen molar-refractivity contribution >= 4 is 40.4 Å². The van der Waals surface area contributed by atoms with Crippen LogP contribution in [0.2, 0.25) is 0 Å². The molecule has 0 saturated heterocycles. The van der Waals surface area contributed by atoms with Crippen molar-refractivity contribution in [1.82, 2.24) is 5.32 Å². The van der Waals surface area contributed by atoms with Crippen LogP contribution in [0.25, 0.3) is 0 Å². The predicted molar refractivity (Wildman–Crippen MR) is 68.2 cm³/mol. The SMILES string of the molecule is CC1(C(=O)NCCc2cccs2)CC1(Cl)Cl. The van der Waals surface area contributed by atoms with Crippen LogP contribution in [0.3, 0.4) is 0 Å². The molecule has 1 N–H and O–H groups in total. The molecule has 1 unspecified atom stereocenters. The Morgan fingerprint density at radius 1 is 1.62 bits per heavy atom. The lowest BCUT2D eigenvalue weighted by atomic mass is 10.1. The largest absolute Gasteiger partial charge is 0.355 e. The lowest BCUT2D eigenvalue weighted by molar-refractivity contribution is -0.125. The molecule has 1 atom stereocenters. The summed E-state index contributed by atoms with van der Waals surface area (Å²) in [5, 5.41) is 4.91. The zero-order chi connectivity index (χ0) is 11.8. The van der Waals surface area contributed by atoms with Crippen LogP contribution in [-0.4, -0.2) is 16.8 Å². The van der Waals surface area contributed by atoms with Gasteiger partial charge in [-0.25, -0.2) is 0 Å². The molecule has 2 rings (SSSR count). The van der Waals surface area contributed by atoms with Gasteiger partial charge in [0.1, 0.15) is 4.33 Å². The van der Waals surface area contributed by atoms with Gasteiger partial charge in [0, 0.05) is 11.4 Å². The van der Waals surface area contributed by atoms with Gasteiger partial charge >= 0.3 is 0 Å². The molecule has 1 heterocycles. The third kappa shape index (κ3) is 2.22. The van der Waals surface area contributed by atoms with E-state index in [4.69, 9.17) is 23.2 Å². The highest BCUT2D eigenvalue weighted by atomic mass is 35.5. The van der Waals surface area contributed by atoms with Crippen LogP contribution in [0.4, 0.5) is 0 Å². The standard InChI is InChI=1S/C11H13Cl2NOS/c1-10(7-11(10,12)13)9(15)14-5-4-8-3-2-6-16-8/h2-3,6H,4-5,7H2,1H3,(H,14,15). The molecule has 88 valence electrons. The van der Waals surface area contributed by atoms with E-state index < -0.39 is 9.75 Å². The zero-order valence-corrected chi connectivity index (χ0v) is 11.3. The van der Waals surface area contributed by atoms with Gasteiger partial charge in [0.2, 0.25) is 5.91 Å². The van der Waals surface area contributed by atoms with E-state index in [1.54, 1.807) is 18.3 Å². The van der Waals surface area contributed by atoms with Crippen LogP contribution in [-0.2, 0) is 11.2 Å². The molecule has 1 aromatic heterocycles. The van der Waals surface area contributed by atoms with Gasteiger partial charge in [-0.1, -0.05) is 6.07 Å². The number of halogens is 2. The van der Waals surface area contributed by atoms with Crippen molar-refractivity contribution in [3.05, 3.63) is 22.4 Å². The van der Waals surface area contributed by atoms with Gasteiger partial charge in [0.05, 0.1) is 5.41 Å². The van der Waals surface area contributed by atoms with Gasteiger partial charge in [0.25, 0.3) is 0 Å². The quantitative estimate of drug-likeness (QED) is 0.843. The molecule has 2 nitrogen and oxygen atoms in total. The lowest BCUT2D eigenvalue weighted by Gasteiger charge is -2.12. The highest BCUT2D eigenvalue weighted by Gasteiger charge is 2.67. The number of carbonyl (C=O) groups is 1. The van der Waals surface area contributed by atoms with Gasteiger partial charge in [-0.2, -0.15) is 0 Å². The van der Waals surface area contributed by atoms with Gasteiger partial charge in [-0.05, 0) is 31.2 Å². The summed E-state index contributed by atoms with van der Waals surface area (Å²) in [4.78, 5) is 13.1. The predicted octanol–water partition coefficient (Wildman–Crippen LogP) is 2.99. The van der Waals surface area contributed by atoms with Crippen molar-refractivity contribution in [3.63, 3.8) is 0 Å². The van der Waals surface area contributed by atoms with E-state index in [2.05, 4.69) is 11.4 Å². The van der Waals surface area contributed by atoms with Crippen molar-refractivity contribution in [3.8, 4) is 0 Å². The first-order valence-corrected chi connectivity index (χ1v) is 6.78. The number of hydrogen-bond donors (Lipinski definition) is 1. The van der Waals surface area contributed by atoms with E-state index in [9.17, 15) is 4.79 Å². The third-order valence-electron chi connectivity index (χ3n) is 3.00. The van der Waals surface area contributed by atoms with E-state index in [-0.39, 0.29) is 5.91 Å². The highest BCUT2D eigenvalue weighted by molar-refractivity contribution is 7.09. The molecular formula is C11H13Cl2NOS. The number of amides is 1. The average Bonchev–Trinajstić information content (AvgIpc) is 2.64. The first-order valence-electron chi connectivity index (χ1n) is 5.14. The Labute approximate surface area is 109 Å². The Kier molecular flexibility index (Phi) is 3.21. The molecule has 0 spiro atoms. The number of rotatable bonds is 4. The molecule has 1 fully saturated rings. The molecule has 1 aliphatic rings. The Balaban J connectivity index is 1.77. The van der Waals surface area contributed by atoms with Gasteiger partial charge in [-0.15, -0.1) is 34.5 Å². The maximum atomic E-state index is 11.8. The first-order chi connectivity index (χ1) is 7.46. The molecule has 1 amide bonds. The minimum atomic E-state index is -0.875. The smallest absolute Gasteiger partial charge is 0.229 e. The number of carbonyl (C=O) groups excluding carboxylic acids is 1. The number of thiophene rings is 1. The zero-order valence-electron chi connectivity index (χ0n) is 8.93. The molecule has 5 heteroatoms. The van der Waals surface area contributed by atoms with E-state index >= 15 is 0 Å². The van der Waals surface area contributed by atoms with Crippen LogP contribution < -0.4 is 5.32 Å². The Morgan fingerprint density at radius 2 is 2.31 bits per heavy atom. The van der Waals surface area contributed by atoms with Crippen LogP contribution >= 0.6 is 34.5 Å². The fourth-order valence-corrected chi connectivity index (χ4v) is 3.01. The summed E-state index contributed by atoms with van der Waals surface area (Å²) < 4.78 is -0.875. The van der Waals surface area contributed by atoms with E-state index in [0.29, 0.717) is 13.0 Å². The lowest BCUT2D eigenvalue weighted by Crippen LogP contribution is -2.34. The highest BCUT2D eigenvalue weighted by Crippen LogP contribution is 2.63. The van der Waals surface area contributed by atoms with Crippen molar-refractivity contribution in [2.45, 2.75) is 24.1 Å². The average molecular weight is 278 g/mol.